The van der Waals surface area contributed by atoms with Gasteiger partial charge in [0.25, 0.3) is 0 Å². The minimum Gasteiger partial charge on any atom is -0.394 e. The number of hydrogen-bond acceptors (Lipinski definition) is 3. The molecule has 0 aliphatic carbocycles. The number of halogens is 1. The molecule has 0 spiro atoms. The summed E-state index contributed by atoms with van der Waals surface area (Å²) in [6.45, 7) is 4.51. The molecule has 0 aliphatic rings. The number of fused-ring (bicyclic) bond motifs is 1. The predicted molar refractivity (Wildman–Crippen MR) is 84.5 cm³/mol. The van der Waals surface area contributed by atoms with Gasteiger partial charge in [0.15, 0.2) is 5.65 Å². The first-order valence-electron chi connectivity index (χ1n) is 6.81. The Hall–Kier alpha value is -1.91. The van der Waals surface area contributed by atoms with Crippen molar-refractivity contribution in [3.05, 3.63) is 46.6 Å². The van der Waals surface area contributed by atoms with E-state index in [2.05, 4.69) is 18.1 Å². The van der Waals surface area contributed by atoms with Crippen LogP contribution in [0.5, 0.6) is 0 Å². The van der Waals surface area contributed by atoms with Crippen LogP contribution in [0.1, 0.15) is 11.3 Å². The first-order valence-corrected chi connectivity index (χ1v) is 7.19. The summed E-state index contributed by atoms with van der Waals surface area (Å²) in [4.78, 5) is 4.72. The van der Waals surface area contributed by atoms with Crippen molar-refractivity contribution >= 4 is 22.6 Å². The van der Waals surface area contributed by atoms with Crippen LogP contribution in [0.25, 0.3) is 22.3 Å². The second-order valence-electron chi connectivity index (χ2n) is 5.06. The third-order valence-electron chi connectivity index (χ3n) is 3.53. The molecule has 4 nitrogen and oxygen atoms in total. The van der Waals surface area contributed by atoms with Gasteiger partial charge in [-0.15, -0.1) is 0 Å². The number of pyridine rings is 1. The summed E-state index contributed by atoms with van der Waals surface area (Å²) in [5.74, 6) is 0. The van der Waals surface area contributed by atoms with E-state index < -0.39 is 0 Å². The fourth-order valence-electron chi connectivity index (χ4n) is 2.59. The molecule has 0 aliphatic heterocycles. The van der Waals surface area contributed by atoms with E-state index >= 15 is 0 Å². The number of hydrogen-bond donors (Lipinski definition) is 1. The zero-order valence-electron chi connectivity index (χ0n) is 12.0. The van der Waals surface area contributed by atoms with Crippen molar-refractivity contribution in [2.75, 3.05) is 6.61 Å². The molecule has 5 heteroatoms. The summed E-state index contributed by atoms with van der Waals surface area (Å²) in [6.07, 6.45) is 0. The lowest BCUT2D eigenvalue weighted by molar-refractivity contribution is 0.271. The molecule has 3 rings (SSSR count). The fourth-order valence-corrected chi connectivity index (χ4v) is 2.71. The maximum Gasteiger partial charge on any atom is 0.159 e. The first-order chi connectivity index (χ1) is 10.1. The Labute approximate surface area is 128 Å². The number of aromatic nitrogens is 3. The van der Waals surface area contributed by atoms with Crippen LogP contribution in [0.3, 0.4) is 0 Å². The minimum absolute atomic E-state index is 0.0438. The lowest BCUT2D eigenvalue weighted by atomic mass is 10.1. The van der Waals surface area contributed by atoms with Crippen molar-refractivity contribution in [2.45, 2.75) is 20.4 Å². The lowest BCUT2D eigenvalue weighted by Gasteiger charge is -2.06. The van der Waals surface area contributed by atoms with E-state index in [1.165, 1.54) is 0 Å². The van der Waals surface area contributed by atoms with Gasteiger partial charge in [0.05, 0.1) is 24.5 Å². The Morgan fingerprint density at radius 3 is 2.57 bits per heavy atom. The van der Waals surface area contributed by atoms with Crippen LogP contribution in [-0.4, -0.2) is 26.5 Å². The molecular weight excluding hydrogens is 286 g/mol. The van der Waals surface area contributed by atoms with E-state index in [1.54, 1.807) is 4.68 Å². The Kier molecular flexibility index (Phi) is 3.66. The van der Waals surface area contributed by atoms with Crippen LogP contribution >= 0.6 is 11.6 Å². The number of nitrogens with zero attached hydrogens (tertiary/aromatic N) is 3. The average Bonchev–Trinajstić information content (AvgIpc) is 2.77. The molecule has 0 saturated carbocycles. The molecule has 21 heavy (non-hydrogen) atoms. The molecule has 0 unspecified atom stereocenters. The third kappa shape index (κ3) is 2.52. The maximum atomic E-state index is 9.17. The smallest absolute Gasteiger partial charge is 0.159 e. The van der Waals surface area contributed by atoms with E-state index in [1.807, 2.05) is 31.2 Å². The third-order valence-corrected chi connectivity index (χ3v) is 3.78. The summed E-state index contributed by atoms with van der Waals surface area (Å²) in [5, 5.41) is 15.4. The molecule has 2 aromatic heterocycles. The Balaban J connectivity index is 2.21. The molecule has 0 bridgehead atoms. The number of benzene rings is 1. The number of aliphatic hydroxyl groups excluding tert-OH is 1. The van der Waals surface area contributed by atoms with E-state index in [0.29, 0.717) is 11.6 Å². The summed E-state index contributed by atoms with van der Waals surface area (Å²) in [7, 11) is 0. The van der Waals surface area contributed by atoms with Crippen LogP contribution in [0.2, 0.25) is 5.02 Å². The predicted octanol–water partition coefficient (Wildman–Crippen LogP) is 3.36. The van der Waals surface area contributed by atoms with Crippen molar-refractivity contribution in [1.82, 2.24) is 14.8 Å². The molecule has 108 valence electrons. The van der Waals surface area contributed by atoms with Gasteiger partial charge in [0, 0.05) is 16.0 Å². The molecule has 1 aromatic carbocycles. The SMILES string of the molecule is Cc1cc(-c2ccc(Cl)cc2)nc2c1c(C)nn2CCO. The van der Waals surface area contributed by atoms with Gasteiger partial charge in [-0.2, -0.15) is 5.10 Å². The minimum atomic E-state index is 0.0438. The van der Waals surface area contributed by atoms with Gasteiger partial charge in [-0.25, -0.2) is 9.67 Å². The van der Waals surface area contributed by atoms with Crippen LogP contribution < -0.4 is 0 Å². The van der Waals surface area contributed by atoms with Gasteiger partial charge in [-0.3, -0.25) is 0 Å². The second kappa shape index (κ2) is 5.47. The van der Waals surface area contributed by atoms with Crippen LogP contribution in [0.15, 0.2) is 30.3 Å². The van der Waals surface area contributed by atoms with Crippen molar-refractivity contribution in [3.8, 4) is 11.3 Å². The van der Waals surface area contributed by atoms with Gasteiger partial charge in [0.1, 0.15) is 0 Å². The average molecular weight is 302 g/mol. The van der Waals surface area contributed by atoms with Crippen molar-refractivity contribution in [2.24, 2.45) is 0 Å². The van der Waals surface area contributed by atoms with Crippen LogP contribution in [0.4, 0.5) is 0 Å². The normalized spacial score (nSPS) is 11.2. The molecule has 3 aromatic rings. The summed E-state index contributed by atoms with van der Waals surface area (Å²) in [5.41, 5.74) is 4.78. The molecule has 0 saturated heterocycles. The Morgan fingerprint density at radius 1 is 1.19 bits per heavy atom. The largest absolute Gasteiger partial charge is 0.394 e. The van der Waals surface area contributed by atoms with E-state index in [-0.39, 0.29) is 6.61 Å². The van der Waals surface area contributed by atoms with Gasteiger partial charge >= 0.3 is 0 Å². The second-order valence-corrected chi connectivity index (χ2v) is 5.50. The highest BCUT2D eigenvalue weighted by Gasteiger charge is 2.13. The van der Waals surface area contributed by atoms with Crippen LogP contribution in [-0.2, 0) is 6.54 Å². The van der Waals surface area contributed by atoms with Gasteiger partial charge in [0.2, 0.25) is 0 Å². The van der Waals surface area contributed by atoms with E-state index in [9.17, 15) is 5.11 Å². The standard InChI is InChI=1S/C16H16ClN3O/c1-10-9-14(12-3-5-13(17)6-4-12)18-16-15(10)11(2)19-20(16)7-8-21/h3-6,9,21H,7-8H2,1-2H3. The highest BCUT2D eigenvalue weighted by molar-refractivity contribution is 6.30. The Morgan fingerprint density at radius 2 is 1.90 bits per heavy atom. The van der Waals surface area contributed by atoms with Gasteiger partial charge < -0.3 is 5.11 Å². The summed E-state index contributed by atoms with van der Waals surface area (Å²) >= 11 is 5.93. The molecule has 2 heterocycles. The summed E-state index contributed by atoms with van der Waals surface area (Å²) < 4.78 is 1.76. The van der Waals surface area contributed by atoms with Crippen molar-refractivity contribution < 1.29 is 5.11 Å². The number of aliphatic hydroxyl groups is 1. The molecular formula is C16H16ClN3O. The van der Waals surface area contributed by atoms with Crippen molar-refractivity contribution in [1.29, 1.82) is 0 Å². The van der Waals surface area contributed by atoms with Crippen molar-refractivity contribution in [3.63, 3.8) is 0 Å². The van der Waals surface area contributed by atoms with Crippen LogP contribution in [0, 0.1) is 13.8 Å². The zero-order chi connectivity index (χ0) is 15.0. The van der Waals surface area contributed by atoms with Gasteiger partial charge in [-0.1, -0.05) is 23.7 Å². The highest BCUT2D eigenvalue weighted by atomic mass is 35.5. The number of rotatable bonds is 3. The fraction of sp³-hybridized carbons (Fsp3) is 0.250. The topological polar surface area (TPSA) is 50.9 Å². The molecule has 0 atom stereocenters. The first kappa shape index (κ1) is 14.0. The summed E-state index contributed by atoms with van der Waals surface area (Å²) in [6, 6.07) is 9.68. The highest BCUT2D eigenvalue weighted by Crippen LogP contribution is 2.27. The Bertz CT molecular complexity index is 793. The monoisotopic (exact) mass is 301 g/mol. The zero-order valence-corrected chi connectivity index (χ0v) is 12.7. The lowest BCUT2D eigenvalue weighted by Crippen LogP contribution is -2.05. The molecule has 0 amide bonds. The molecule has 0 radical (unpaired) electrons. The maximum absolute atomic E-state index is 9.17. The molecule has 0 fully saturated rings. The van der Waals surface area contributed by atoms with Gasteiger partial charge in [-0.05, 0) is 37.6 Å². The van der Waals surface area contributed by atoms with E-state index in [0.717, 1.165) is 33.5 Å². The van der Waals surface area contributed by atoms with E-state index in [4.69, 9.17) is 16.6 Å². The quantitative estimate of drug-likeness (QED) is 0.807. The molecule has 1 N–H and O–H groups in total. The number of aryl methyl sites for hydroxylation is 2.